The van der Waals surface area contributed by atoms with E-state index in [1.54, 1.807) is 24.3 Å². The average molecular weight is 334 g/mol. The molecule has 0 amide bonds. The van der Waals surface area contributed by atoms with E-state index in [2.05, 4.69) is 36.0 Å². The minimum atomic E-state index is 0.712. The first-order valence-corrected chi connectivity index (χ1v) is 8.14. The number of hydrogen-bond donors (Lipinski definition) is 3. The number of hydrogen-bond acceptors (Lipinski definition) is 6. The van der Waals surface area contributed by atoms with E-state index in [1.165, 1.54) is 0 Å². The maximum absolute atomic E-state index is 5.03. The molecule has 0 spiro atoms. The van der Waals surface area contributed by atoms with Crippen LogP contribution in [0.4, 0.5) is 5.82 Å². The van der Waals surface area contributed by atoms with Crippen molar-refractivity contribution in [1.29, 1.82) is 0 Å². The van der Waals surface area contributed by atoms with Crippen LogP contribution in [0.5, 0.6) is 0 Å². The summed E-state index contributed by atoms with van der Waals surface area (Å²) in [4.78, 5) is 13.0. The van der Waals surface area contributed by atoms with Gasteiger partial charge in [-0.25, -0.2) is 9.97 Å². The molecule has 0 fully saturated rings. The number of nitrogens with one attached hydrogen (secondary N) is 3. The molecule has 2 heterocycles. The number of nitrogens with zero attached hydrogens (tertiary/aromatic N) is 5. The number of ether oxygens (including phenoxy) is 1. The van der Waals surface area contributed by atoms with Crippen molar-refractivity contribution in [1.82, 2.24) is 30.4 Å². The summed E-state index contributed by atoms with van der Waals surface area (Å²) in [6.45, 7) is 5.76. The van der Waals surface area contributed by atoms with Gasteiger partial charge >= 0.3 is 0 Å². The monoisotopic (exact) mass is 334 g/mol. The fraction of sp³-hybridized carbons (Fsp3) is 0.600. The molecule has 0 saturated carbocycles. The summed E-state index contributed by atoms with van der Waals surface area (Å²) in [6.07, 6.45) is 4.22. The zero-order valence-corrected chi connectivity index (χ0v) is 14.5. The van der Waals surface area contributed by atoms with E-state index in [0.717, 1.165) is 55.5 Å². The van der Waals surface area contributed by atoms with Crippen LogP contribution < -0.4 is 16.0 Å². The number of fused-ring (bicyclic) bond motifs is 1. The summed E-state index contributed by atoms with van der Waals surface area (Å²) in [5, 5.41) is 14.9. The third kappa shape index (κ3) is 5.05. The second-order valence-electron chi connectivity index (χ2n) is 5.19. The van der Waals surface area contributed by atoms with Gasteiger partial charge in [0.25, 0.3) is 0 Å². The summed E-state index contributed by atoms with van der Waals surface area (Å²) in [7, 11) is 3.56. The fourth-order valence-electron chi connectivity index (χ4n) is 2.21. The highest BCUT2D eigenvalue weighted by Crippen LogP contribution is 2.16. The van der Waals surface area contributed by atoms with E-state index in [9.17, 15) is 0 Å². The molecule has 2 aromatic heterocycles. The van der Waals surface area contributed by atoms with E-state index < -0.39 is 0 Å². The van der Waals surface area contributed by atoms with Gasteiger partial charge in [0, 0.05) is 46.9 Å². The van der Waals surface area contributed by atoms with Gasteiger partial charge in [-0.15, -0.1) is 0 Å². The molecular formula is C15H26N8O. The van der Waals surface area contributed by atoms with Crippen molar-refractivity contribution in [3.8, 4) is 0 Å². The minimum Gasteiger partial charge on any atom is -0.385 e. The third-order valence-electron chi connectivity index (χ3n) is 3.36. The predicted molar refractivity (Wildman–Crippen MR) is 95.3 cm³/mol. The molecule has 0 bridgehead atoms. The highest BCUT2D eigenvalue weighted by molar-refractivity contribution is 5.86. The Labute approximate surface area is 141 Å². The van der Waals surface area contributed by atoms with Gasteiger partial charge in [0.05, 0.1) is 11.6 Å². The molecule has 2 rings (SSSR count). The van der Waals surface area contributed by atoms with Crippen LogP contribution in [0, 0.1) is 0 Å². The molecule has 0 atom stereocenters. The molecule has 0 aliphatic rings. The molecule has 24 heavy (non-hydrogen) atoms. The Hall–Kier alpha value is -2.42. The quantitative estimate of drug-likeness (QED) is 0.346. The van der Waals surface area contributed by atoms with Crippen LogP contribution in [0.1, 0.15) is 13.3 Å². The molecule has 9 nitrogen and oxygen atoms in total. The van der Waals surface area contributed by atoms with Gasteiger partial charge in [-0.1, -0.05) is 0 Å². The van der Waals surface area contributed by atoms with Crippen molar-refractivity contribution in [2.45, 2.75) is 13.3 Å². The van der Waals surface area contributed by atoms with Crippen LogP contribution in [-0.4, -0.2) is 65.6 Å². The summed E-state index contributed by atoms with van der Waals surface area (Å²) < 4.78 is 6.76. The number of aromatic nitrogens is 4. The SMILES string of the molecule is CCNC(=NCCCOC)NCCNc1ncnc2c1cnn2C. The smallest absolute Gasteiger partial charge is 0.191 e. The first kappa shape index (κ1) is 17.9. The lowest BCUT2D eigenvalue weighted by molar-refractivity contribution is 0.197. The molecular weight excluding hydrogens is 308 g/mol. The molecule has 2 aromatic rings. The van der Waals surface area contributed by atoms with E-state index in [4.69, 9.17) is 4.74 Å². The van der Waals surface area contributed by atoms with E-state index in [-0.39, 0.29) is 0 Å². The zero-order valence-electron chi connectivity index (χ0n) is 14.5. The highest BCUT2D eigenvalue weighted by atomic mass is 16.5. The standard InChI is InChI=1S/C15H26N8O/c1-4-16-15(18-6-5-9-24-3)19-8-7-17-13-12-10-22-23(2)14(12)21-11-20-13/h10-11H,4-9H2,1-3H3,(H2,16,18,19)(H,17,20,21). The lowest BCUT2D eigenvalue weighted by atomic mass is 10.4. The Morgan fingerprint density at radius 1 is 1.29 bits per heavy atom. The first-order valence-electron chi connectivity index (χ1n) is 8.14. The fourth-order valence-corrected chi connectivity index (χ4v) is 2.21. The van der Waals surface area contributed by atoms with Crippen LogP contribution >= 0.6 is 0 Å². The molecule has 0 aromatic carbocycles. The minimum absolute atomic E-state index is 0.712. The number of rotatable bonds is 9. The maximum atomic E-state index is 5.03. The second kappa shape index (κ2) is 9.66. The number of aliphatic imine (C=N–C) groups is 1. The molecule has 9 heteroatoms. The molecule has 0 aliphatic carbocycles. The Morgan fingerprint density at radius 2 is 2.17 bits per heavy atom. The van der Waals surface area contributed by atoms with Crippen molar-refractivity contribution in [2.75, 3.05) is 45.2 Å². The van der Waals surface area contributed by atoms with Gasteiger partial charge in [0.1, 0.15) is 12.1 Å². The number of methoxy groups -OCH3 is 1. The van der Waals surface area contributed by atoms with Crippen molar-refractivity contribution in [3.05, 3.63) is 12.5 Å². The Balaban J connectivity index is 1.81. The van der Waals surface area contributed by atoms with Gasteiger partial charge in [-0.3, -0.25) is 9.67 Å². The molecule has 132 valence electrons. The number of anilines is 1. The van der Waals surface area contributed by atoms with E-state index in [1.807, 2.05) is 14.0 Å². The average Bonchev–Trinajstić information content (AvgIpc) is 2.97. The van der Waals surface area contributed by atoms with E-state index in [0.29, 0.717) is 6.54 Å². The Kier molecular flexibility index (Phi) is 7.21. The van der Waals surface area contributed by atoms with Crippen molar-refractivity contribution < 1.29 is 4.74 Å². The summed E-state index contributed by atoms with van der Waals surface area (Å²) in [5.41, 5.74) is 0.813. The van der Waals surface area contributed by atoms with Crippen LogP contribution in [-0.2, 0) is 11.8 Å². The molecule has 0 aliphatic heterocycles. The normalized spacial score (nSPS) is 11.7. The second-order valence-corrected chi connectivity index (χ2v) is 5.19. The summed E-state index contributed by atoms with van der Waals surface area (Å²) >= 11 is 0. The van der Waals surface area contributed by atoms with Crippen molar-refractivity contribution in [3.63, 3.8) is 0 Å². The van der Waals surface area contributed by atoms with Gasteiger partial charge in [-0.2, -0.15) is 5.10 Å². The number of guanidine groups is 1. The molecule has 0 radical (unpaired) electrons. The predicted octanol–water partition coefficient (Wildman–Crippen LogP) is 0.367. The topological polar surface area (TPSA) is 101 Å². The Bertz CT molecular complexity index is 654. The number of aryl methyl sites for hydroxylation is 1. The first-order chi connectivity index (χ1) is 11.8. The highest BCUT2D eigenvalue weighted by Gasteiger charge is 2.06. The zero-order chi connectivity index (χ0) is 17.2. The van der Waals surface area contributed by atoms with Crippen molar-refractivity contribution in [2.24, 2.45) is 12.0 Å². The molecule has 0 saturated heterocycles. The third-order valence-corrected chi connectivity index (χ3v) is 3.36. The Morgan fingerprint density at radius 3 is 2.96 bits per heavy atom. The van der Waals surface area contributed by atoms with E-state index >= 15 is 0 Å². The lowest BCUT2D eigenvalue weighted by Gasteiger charge is -2.12. The maximum Gasteiger partial charge on any atom is 0.191 e. The van der Waals surface area contributed by atoms with Gasteiger partial charge in [0.15, 0.2) is 11.6 Å². The van der Waals surface area contributed by atoms with Crippen LogP contribution in [0.3, 0.4) is 0 Å². The molecule has 3 N–H and O–H groups in total. The largest absolute Gasteiger partial charge is 0.385 e. The lowest BCUT2D eigenvalue weighted by Crippen LogP contribution is -2.39. The van der Waals surface area contributed by atoms with Gasteiger partial charge in [-0.05, 0) is 13.3 Å². The van der Waals surface area contributed by atoms with Crippen LogP contribution in [0.15, 0.2) is 17.5 Å². The molecule has 0 unspecified atom stereocenters. The van der Waals surface area contributed by atoms with Crippen LogP contribution in [0.2, 0.25) is 0 Å². The van der Waals surface area contributed by atoms with Gasteiger partial charge < -0.3 is 20.7 Å². The summed E-state index contributed by atoms with van der Waals surface area (Å²) in [5.74, 6) is 1.60. The van der Waals surface area contributed by atoms with Crippen molar-refractivity contribution >= 4 is 22.8 Å². The summed E-state index contributed by atoms with van der Waals surface area (Å²) in [6, 6.07) is 0. The van der Waals surface area contributed by atoms with Crippen LogP contribution in [0.25, 0.3) is 11.0 Å². The van der Waals surface area contributed by atoms with Gasteiger partial charge in [0.2, 0.25) is 0 Å².